The van der Waals surface area contributed by atoms with E-state index in [-0.39, 0.29) is 0 Å². The highest BCUT2D eigenvalue weighted by atomic mass is 32.1. The van der Waals surface area contributed by atoms with Crippen molar-refractivity contribution in [2.45, 2.75) is 10.8 Å². The molecule has 0 radical (unpaired) electrons. The van der Waals surface area contributed by atoms with Crippen molar-refractivity contribution in [3.05, 3.63) is 299 Å². The van der Waals surface area contributed by atoms with Gasteiger partial charge in [0, 0.05) is 31.5 Å². The average molecular weight is 847 g/mol. The molecule has 0 N–H and O–H groups in total. The number of fused-ring (bicyclic) bond motifs is 7. The lowest BCUT2D eigenvalue weighted by molar-refractivity contribution is 0.731. The molecule has 3 heterocycles. The fourth-order valence-electron chi connectivity index (χ4n) is 11.4. The molecule has 3 heteroatoms. The lowest BCUT2D eigenvalue weighted by Crippen LogP contribution is -2.37. The SMILES string of the molecule is c1ccc(N2c3ccccc3C(c3ccccc3)(c3ccc4sc5ccc(N6c7ccccc7C(c7ccccc7)(c7ccccc7)c7ccccc76)cc5c4c3)c3ccccc32)cc1. The summed E-state index contributed by atoms with van der Waals surface area (Å²) in [7, 11) is 0. The Hall–Kier alpha value is -7.98. The van der Waals surface area contributed by atoms with Crippen molar-refractivity contribution in [3.63, 3.8) is 0 Å². The summed E-state index contributed by atoms with van der Waals surface area (Å²) in [6.45, 7) is 0. The number of anilines is 6. The zero-order chi connectivity index (χ0) is 43.0. The fraction of sp³-hybridized carbons (Fsp3) is 0.0323. The van der Waals surface area contributed by atoms with Gasteiger partial charge in [-0.05, 0) is 111 Å². The highest BCUT2D eigenvalue weighted by molar-refractivity contribution is 7.25. The van der Waals surface area contributed by atoms with E-state index in [0.29, 0.717) is 0 Å². The van der Waals surface area contributed by atoms with E-state index >= 15 is 0 Å². The summed E-state index contributed by atoms with van der Waals surface area (Å²) in [6.07, 6.45) is 0. The minimum Gasteiger partial charge on any atom is -0.310 e. The first-order chi connectivity index (χ1) is 32.3. The molecule has 0 fully saturated rings. The van der Waals surface area contributed by atoms with Gasteiger partial charge in [-0.1, -0.05) is 188 Å². The average Bonchev–Trinajstić information content (AvgIpc) is 3.75. The normalized spacial score (nSPS) is 14.3. The van der Waals surface area contributed by atoms with Gasteiger partial charge in [0.15, 0.2) is 0 Å². The third-order valence-corrected chi connectivity index (χ3v) is 15.1. The second-order valence-corrected chi connectivity index (χ2v) is 18.3. The Labute approximate surface area is 383 Å². The molecular weight excluding hydrogens is 805 g/mol. The lowest BCUT2D eigenvalue weighted by Gasteiger charge is -2.46. The van der Waals surface area contributed by atoms with Crippen LogP contribution in [0.5, 0.6) is 0 Å². The van der Waals surface area contributed by atoms with E-state index in [1.165, 1.54) is 87.4 Å². The van der Waals surface area contributed by atoms with Crippen LogP contribution in [-0.2, 0) is 10.8 Å². The summed E-state index contributed by atoms with van der Waals surface area (Å²) >= 11 is 1.87. The molecule has 0 saturated heterocycles. The van der Waals surface area contributed by atoms with Crippen molar-refractivity contribution in [3.8, 4) is 0 Å². The Bertz CT molecular complexity index is 3420. The van der Waals surface area contributed by atoms with Gasteiger partial charge in [-0.25, -0.2) is 0 Å². The van der Waals surface area contributed by atoms with Gasteiger partial charge in [0.1, 0.15) is 0 Å². The van der Waals surface area contributed by atoms with Crippen LogP contribution in [-0.4, -0.2) is 0 Å². The first-order valence-corrected chi connectivity index (χ1v) is 23.2. The number of hydrogen-bond acceptors (Lipinski definition) is 3. The van der Waals surface area contributed by atoms with Gasteiger partial charge < -0.3 is 9.80 Å². The van der Waals surface area contributed by atoms with Crippen LogP contribution in [0.4, 0.5) is 34.1 Å². The van der Waals surface area contributed by atoms with Crippen molar-refractivity contribution in [2.24, 2.45) is 0 Å². The zero-order valence-electron chi connectivity index (χ0n) is 35.6. The van der Waals surface area contributed by atoms with Crippen LogP contribution < -0.4 is 9.80 Å². The number of benzene rings is 10. The van der Waals surface area contributed by atoms with Crippen LogP contribution in [0.25, 0.3) is 20.2 Å². The molecule has 0 atom stereocenters. The maximum Gasteiger partial charge on any atom is 0.0742 e. The molecule has 306 valence electrons. The van der Waals surface area contributed by atoms with Gasteiger partial charge in [0.05, 0.1) is 33.6 Å². The molecule has 65 heavy (non-hydrogen) atoms. The Kier molecular flexibility index (Phi) is 8.56. The Morgan fingerprint density at radius 3 is 1.05 bits per heavy atom. The summed E-state index contributed by atoms with van der Waals surface area (Å²) in [5, 5.41) is 2.52. The van der Waals surface area contributed by atoms with Gasteiger partial charge in [-0.3, -0.25) is 0 Å². The van der Waals surface area contributed by atoms with Crippen LogP contribution >= 0.6 is 11.3 Å². The molecule has 2 aliphatic heterocycles. The molecule has 13 rings (SSSR count). The predicted molar refractivity (Wildman–Crippen MR) is 272 cm³/mol. The summed E-state index contributed by atoms with van der Waals surface area (Å²) < 4.78 is 2.55. The molecule has 2 nitrogen and oxygen atoms in total. The first kappa shape index (κ1) is 37.6. The number of thiophene rings is 1. The van der Waals surface area contributed by atoms with E-state index in [1.54, 1.807) is 0 Å². The highest BCUT2D eigenvalue weighted by Crippen LogP contribution is 2.60. The van der Waals surface area contributed by atoms with Crippen molar-refractivity contribution in [2.75, 3.05) is 9.80 Å². The molecule has 0 saturated carbocycles. The Morgan fingerprint density at radius 1 is 0.262 bits per heavy atom. The van der Waals surface area contributed by atoms with E-state index < -0.39 is 10.8 Å². The molecule has 10 aromatic carbocycles. The van der Waals surface area contributed by atoms with Gasteiger partial charge in [0.25, 0.3) is 0 Å². The highest BCUT2D eigenvalue weighted by Gasteiger charge is 2.48. The summed E-state index contributed by atoms with van der Waals surface area (Å²) in [4.78, 5) is 4.94. The van der Waals surface area contributed by atoms with Crippen LogP contribution in [0.2, 0.25) is 0 Å². The van der Waals surface area contributed by atoms with Crippen molar-refractivity contribution in [1.82, 2.24) is 0 Å². The summed E-state index contributed by atoms with van der Waals surface area (Å²) in [5.74, 6) is 0. The predicted octanol–water partition coefficient (Wildman–Crippen LogP) is 16.4. The monoisotopic (exact) mass is 846 g/mol. The Morgan fingerprint density at radius 2 is 0.600 bits per heavy atom. The molecule has 0 aliphatic carbocycles. The van der Waals surface area contributed by atoms with E-state index in [4.69, 9.17) is 0 Å². The van der Waals surface area contributed by atoms with E-state index in [9.17, 15) is 0 Å². The maximum atomic E-state index is 2.50. The van der Waals surface area contributed by atoms with Crippen LogP contribution in [0.15, 0.2) is 255 Å². The molecule has 0 amide bonds. The molecule has 0 spiro atoms. The van der Waals surface area contributed by atoms with Crippen molar-refractivity contribution in [1.29, 1.82) is 0 Å². The van der Waals surface area contributed by atoms with E-state index in [0.717, 1.165) is 11.4 Å². The van der Waals surface area contributed by atoms with Gasteiger partial charge >= 0.3 is 0 Å². The minimum absolute atomic E-state index is 0.519. The number of nitrogens with zero attached hydrogens (tertiary/aromatic N) is 2. The van der Waals surface area contributed by atoms with Gasteiger partial charge in [-0.15, -0.1) is 11.3 Å². The third-order valence-electron chi connectivity index (χ3n) is 14.0. The maximum absolute atomic E-state index is 2.50. The largest absolute Gasteiger partial charge is 0.310 e. The molecule has 1 aromatic heterocycles. The van der Waals surface area contributed by atoms with Crippen molar-refractivity contribution < 1.29 is 0 Å². The first-order valence-electron chi connectivity index (χ1n) is 22.4. The summed E-state index contributed by atoms with van der Waals surface area (Å²) in [6, 6.07) is 94.5. The topological polar surface area (TPSA) is 6.48 Å². The van der Waals surface area contributed by atoms with E-state index in [2.05, 4.69) is 265 Å². The third kappa shape index (κ3) is 5.40. The van der Waals surface area contributed by atoms with Crippen LogP contribution in [0.3, 0.4) is 0 Å². The smallest absolute Gasteiger partial charge is 0.0742 e. The minimum atomic E-state index is -0.594. The molecular formula is C62H42N2S. The summed E-state index contributed by atoms with van der Waals surface area (Å²) in [5.41, 5.74) is 15.9. The van der Waals surface area contributed by atoms with Crippen molar-refractivity contribution >= 4 is 65.6 Å². The standard InChI is InChI=1S/C62H42N2S/c1-5-21-43(22-6-1)61(44-23-7-2-8-24-44)51-29-13-19-35-57(51)64(58-36-20-14-30-52(58)61)48-38-40-60-50(42-48)49-41-46(37-39-59(49)65-60)62(45-25-9-3-10-26-45)53-31-15-17-33-55(53)63(47-27-11-4-12-28-47)56-34-18-16-32-54(56)62/h1-42H. The van der Waals surface area contributed by atoms with Crippen LogP contribution in [0.1, 0.15) is 44.5 Å². The molecule has 2 aliphatic rings. The fourth-order valence-corrected chi connectivity index (χ4v) is 12.5. The number of para-hydroxylation sites is 5. The zero-order valence-corrected chi connectivity index (χ0v) is 36.4. The molecule has 11 aromatic rings. The Balaban J connectivity index is 1.05. The van der Waals surface area contributed by atoms with Crippen LogP contribution in [0, 0.1) is 0 Å². The molecule has 0 unspecified atom stereocenters. The number of rotatable bonds is 6. The van der Waals surface area contributed by atoms with E-state index in [1.807, 2.05) is 11.3 Å². The molecule has 0 bridgehead atoms. The van der Waals surface area contributed by atoms with Gasteiger partial charge in [0.2, 0.25) is 0 Å². The number of hydrogen-bond donors (Lipinski definition) is 0. The second kappa shape index (κ2) is 14.8. The second-order valence-electron chi connectivity index (χ2n) is 17.2. The quantitative estimate of drug-likeness (QED) is 0.164. The van der Waals surface area contributed by atoms with Gasteiger partial charge in [-0.2, -0.15) is 0 Å². The lowest BCUT2D eigenvalue weighted by atomic mass is 9.62.